The molecule has 1 heterocycles. The Balaban J connectivity index is 1.72. The van der Waals surface area contributed by atoms with Crippen molar-refractivity contribution >= 4 is 12.0 Å². The summed E-state index contributed by atoms with van der Waals surface area (Å²) in [4.78, 5) is 25.4. The van der Waals surface area contributed by atoms with Crippen molar-refractivity contribution in [3.8, 4) is 0 Å². The van der Waals surface area contributed by atoms with Crippen LogP contribution in [0.5, 0.6) is 0 Å². The summed E-state index contributed by atoms with van der Waals surface area (Å²) in [5.41, 5.74) is 3.28. The van der Waals surface area contributed by atoms with Gasteiger partial charge in [0.25, 0.3) is 5.91 Å². The topological polar surface area (TPSA) is 73.2 Å². The van der Waals surface area contributed by atoms with E-state index in [-0.39, 0.29) is 12.5 Å². The smallest absolute Gasteiger partial charge is 0.408 e. The van der Waals surface area contributed by atoms with Gasteiger partial charge in [-0.2, -0.15) is 5.10 Å². The predicted octanol–water partition coefficient (Wildman–Crippen LogP) is 3.68. The zero-order valence-corrected chi connectivity index (χ0v) is 16.0. The molecule has 0 fully saturated rings. The number of rotatable bonds is 6. The Morgan fingerprint density at radius 2 is 1.61 bits per heavy atom. The van der Waals surface area contributed by atoms with Crippen molar-refractivity contribution in [2.75, 3.05) is 0 Å². The van der Waals surface area contributed by atoms with Gasteiger partial charge in [0, 0.05) is 12.1 Å². The SMILES string of the molecule is Cc1cc(C)n(C(=O)[C@H](Cc2ccccc2)NC(=O)OCc2ccccc2)n1. The van der Waals surface area contributed by atoms with Gasteiger partial charge in [-0.1, -0.05) is 60.7 Å². The number of ether oxygens (including phenoxy) is 1. The normalized spacial score (nSPS) is 11.6. The van der Waals surface area contributed by atoms with Gasteiger partial charge in [0.05, 0.1) is 5.69 Å². The number of hydrogen-bond acceptors (Lipinski definition) is 4. The molecule has 3 rings (SSSR count). The number of alkyl carbamates (subject to hydrolysis) is 1. The van der Waals surface area contributed by atoms with Gasteiger partial charge in [0.1, 0.15) is 12.6 Å². The Bertz CT molecular complexity index is 936. The molecule has 0 aliphatic rings. The summed E-state index contributed by atoms with van der Waals surface area (Å²) in [7, 11) is 0. The second-order valence-corrected chi connectivity index (χ2v) is 6.63. The van der Waals surface area contributed by atoms with Crippen LogP contribution in [-0.2, 0) is 17.8 Å². The molecular formula is C22H23N3O3. The fourth-order valence-electron chi connectivity index (χ4n) is 2.96. The molecule has 1 aromatic heterocycles. The first-order chi connectivity index (χ1) is 13.5. The number of benzene rings is 2. The summed E-state index contributed by atoms with van der Waals surface area (Å²) in [5, 5.41) is 6.95. The van der Waals surface area contributed by atoms with E-state index in [0.29, 0.717) is 6.42 Å². The lowest BCUT2D eigenvalue weighted by molar-refractivity contribution is 0.0818. The van der Waals surface area contributed by atoms with Crippen molar-refractivity contribution in [1.82, 2.24) is 15.1 Å². The summed E-state index contributed by atoms with van der Waals surface area (Å²) in [6.45, 7) is 3.77. The first-order valence-electron chi connectivity index (χ1n) is 9.11. The van der Waals surface area contributed by atoms with Crippen LogP contribution < -0.4 is 5.32 Å². The second-order valence-electron chi connectivity index (χ2n) is 6.63. The highest BCUT2D eigenvalue weighted by Crippen LogP contribution is 2.09. The summed E-state index contributed by atoms with van der Waals surface area (Å²) in [5.74, 6) is -0.300. The lowest BCUT2D eigenvalue weighted by atomic mass is 10.1. The highest BCUT2D eigenvalue weighted by molar-refractivity contribution is 5.87. The number of nitrogens with one attached hydrogen (secondary N) is 1. The van der Waals surface area contributed by atoms with Gasteiger partial charge < -0.3 is 10.1 Å². The molecule has 0 unspecified atom stereocenters. The maximum absolute atomic E-state index is 13.0. The largest absolute Gasteiger partial charge is 0.445 e. The van der Waals surface area contributed by atoms with Crippen LogP contribution in [0.3, 0.4) is 0 Å². The molecule has 144 valence electrons. The van der Waals surface area contributed by atoms with Crippen LogP contribution in [0.4, 0.5) is 4.79 Å². The van der Waals surface area contributed by atoms with Crippen molar-refractivity contribution in [2.45, 2.75) is 32.9 Å². The molecule has 2 aromatic carbocycles. The Kier molecular flexibility index (Phi) is 6.22. The quantitative estimate of drug-likeness (QED) is 0.711. The Morgan fingerprint density at radius 3 is 2.18 bits per heavy atom. The number of aromatic nitrogens is 2. The molecule has 3 aromatic rings. The summed E-state index contributed by atoms with van der Waals surface area (Å²) >= 11 is 0. The fourth-order valence-corrected chi connectivity index (χ4v) is 2.96. The molecule has 0 saturated heterocycles. The third-order valence-corrected chi connectivity index (χ3v) is 4.30. The zero-order chi connectivity index (χ0) is 19.9. The van der Waals surface area contributed by atoms with E-state index in [1.54, 1.807) is 0 Å². The van der Waals surface area contributed by atoms with Crippen LogP contribution in [0.2, 0.25) is 0 Å². The van der Waals surface area contributed by atoms with Crippen LogP contribution in [0.1, 0.15) is 27.3 Å². The molecule has 0 aliphatic carbocycles. The first-order valence-corrected chi connectivity index (χ1v) is 9.11. The molecule has 0 aliphatic heterocycles. The van der Waals surface area contributed by atoms with E-state index in [2.05, 4.69) is 10.4 Å². The van der Waals surface area contributed by atoms with Gasteiger partial charge in [-0.15, -0.1) is 0 Å². The van der Waals surface area contributed by atoms with E-state index in [1.807, 2.05) is 80.6 Å². The Hall–Kier alpha value is -3.41. The van der Waals surface area contributed by atoms with Crippen molar-refractivity contribution in [3.63, 3.8) is 0 Å². The average molecular weight is 377 g/mol. The van der Waals surface area contributed by atoms with Gasteiger partial charge in [0.2, 0.25) is 0 Å². The van der Waals surface area contributed by atoms with E-state index < -0.39 is 12.1 Å². The van der Waals surface area contributed by atoms with Crippen LogP contribution >= 0.6 is 0 Å². The van der Waals surface area contributed by atoms with Gasteiger partial charge >= 0.3 is 6.09 Å². The number of carbonyl (C=O) groups excluding carboxylic acids is 2. The minimum Gasteiger partial charge on any atom is -0.445 e. The minimum absolute atomic E-state index is 0.138. The number of hydrogen-bond donors (Lipinski definition) is 1. The van der Waals surface area contributed by atoms with Crippen LogP contribution in [0, 0.1) is 13.8 Å². The molecule has 1 atom stereocenters. The standard InChI is InChI=1S/C22H23N3O3/c1-16-13-17(2)25(24-16)21(26)20(14-18-9-5-3-6-10-18)23-22(27)28-15-19-11-7-4-8-12-19/h3-13,20H,14-15H2,1-2H3,(H,23,27)/t20-/m0/s1. The highest BCUT2D eigenvalue weighted by atomic mass is 16.5. The zero-order valence-electron chi connectivity index (χ0n) is 16.0. The lowest BCUT2D eigenvalue weighted by Gasteiger charge is -2.18. The fraction of sp³-hybridized carbons (Fsp3) is 0.227. The summed E-state index contributed by atoms with van der Waals surface area (Å²) in [6, 6.07) is 20.0. The predicted molar refractivity (Wildman–Crippen MR) is 106 cm³/mol. The van der Waals surface area contributed by atoms with Gasteiger partial charge in [-0.3, -0.25) is 4.79 Å². The number of amides is 1. The molecule has 0 spiro atoms. The van der Waals surface area contributed by atoms with E-state index in [0.717, 1.165) is 22.5 Å². The molecule has 0 radical (unpaired) electrons. The Morgan fingerprint density at radius 1 is 1.00 bits per heavy atom. The van der Waals surface area contributed by atoms with Crippen molar-refractivity contribution in [1.29, 1.82) is 0 Å². The molecule has 0 bridgehead atoms. The number of carbonyl (C=O) groups is 2. The number of nitrogens with zero attached hydrogens (tertiary/aromatic N) is 2. The van der Waals surface area contributed by atoms with Gasteiger partial charge in [-0.05, 0) is 31.0 Å². The highest BCUT2D eigenvalue weighted by Gasteiger charge is 2.25. The van der Waals surface area contributed by atoms with Gasteiger partial charge in [0.15, 0.2) is 0 Å². The van der Waals surface area contributed by atoms with E-state index >= 15 is 0 Å². The first kappa shape index (κ1) is 19.4. The molecule has 28 heavy (non-hydrogen) atoms. The van der Waals surface area contributed by atoms with E-state index in [9.17, 15) is 9.59 Å². The number of aryl methyl sites for hydroxylation is 2. The third-order valence-electron chi connectivity index (χ3n) is 4.30. The minimum atomic E-state index is -0.788. The van der Waals surface area contributed by atoms with Crippen molar-refractivity contribution < 1.29 is 14.3 Å². The third kappa shape index (κ3) is 5.07. The molecule has 1 amide bonds. The molecule has 6 heteroatoms. The maximum Gasteiger partial charge on any atom is 0.408 e. The molecule has 6 nitrogen and oxygen atoms in total. The van der Waals surface area contributed by atoms with Crippen LogP contribution in [-0.4, -0.2) is 27.8 Å². The van der Waals surface area contributed by atoms with E-state index in [1.165, 1.54) is 4.68 Å². The summed E-state index contributed by atoms with van der Waals surface area (Å²) < 4.78 is 6.62. The van der Waals surface area contributed by atoms with Gasteiger partial charge in [-0.25, -0.2) is 9.48 Å². The van der Waals surface area contributed by atoms with Crippen LogP contribution in [0.25, 0.3) is 0 Å². The van der Waals surface area contributed by atoms with Crippen molar-refractivity contribution in [3.05, 3.63) is 89.2 Å². The van der Waals surface area contributed by atoms with Crippen molar-refractivity contribution in [2.24, 2.45) is 0 Å². The second kappa shape index (κ2) is 8.99. The summed E-state index contributed by atoms with van der Waals surface area (Å²) in [6.07, 6.45) is -0.294. The maximum atomic E-state index is 13.0. The monoisotopic (exact) mass is 377 g/mol. The van der Waals surface area contributed by atoms with E-state index in [4.69, 9.17) is 4.74 Å². The molecule has 1 N–H and O–H groups in total. The lowest BCUT2D eigenvalue weighted by Crippen LogP contribution is -2.45. The molecule has 0 saturated carbocycles. The Labute approximate surface area is 164 Å². The molecular weight excluding hydrogens is 354 g/mol. The van der Waals surface area contributed by atoms with Crippen LogP contribution in [0.15, 0.2) is 66.7 Å². The average Bonchev–Trinajstić information content (AvgIpc) is 3.05.